The summed E-state index contributed by atoms with van der Waals surface area (Å²) < 4.78 is 0. The van der Waals surface area contributed by atoms with E-state index < -0.39 is 0 Å². The highest BCUT2D eigenvalue weighted by Crippen LogP contribution is 2.20. The Morgan fingerprint density at radius 1 is 1.33 bits per heavy atom. The molecular weight excluding hydrogens is 329 g/mol. The monoisotopic (exact) mass is 355 g/mol. The average molecular weight is 356 g/mol. The van der Waals surface area contributed by atoms with Crippen LogP contribution in [0.4, 0.5) is 0 Å². The Bertz CT molecular complexity index is 424. The zero-order valence-electron chi connectivity index (χ0n) is 13.3. The van der Waals surface area contributed by atoms with E-state index in [0.717, 1.165) is 11.4 Å². The number of nitrogens with zero attached hydrogens (tertiary/aromatic N) is 2. The molecule has 0 aromatic carbocycles. The fraction of sp³-hybridized carbons (Fsp3) is 0.714. The molecule has 1 amide bonds. The smallest absolute Gasteiger partial charge is 0.273 e. The van der Waals surface area contributed by atoms with Crippen molar-refractivity contribution in [3.05, 3.63) is 16.1 Å². The molecule has 0 spiro atoms. The van der Waals surface area contributed by atoms with E-state index in [1.807, 2.05) is 12.4 Å². The van der Waals surface area contributed by atoms with Crippen molar-refractivity contribution in [3.8, 4) is 0 Å². The van der Waals surface area contributed by atoms with Gasteiger partial charge in [0.2, 0.25) is 0 Å². The summed E-state index contributed by atoms with van der Waals surface area (Å²) in [5, 5.41) is 2.85. The summed E-state index contributed by atoms with van der Waals surface area (Å²) in [5.41, 5.74) is 6.55. The van der Waals surface area contributed by atoms with Crippen molar-refractivity contribution < 1.29 is 4.79 Å². The number of carbonyl (C=O) groups is 1. The van der Waals surface area contributed by atoms with Crippen molar-refractivity contribution in [3.63, 3.8) is 0 Å². The molecular formula is C14H27Cl2N3OS. The second-order valence-corrected chi connectivity index (χ2v) is 6.54. The van der Waals surface area contributed by atoms with Crippen molar-refractivity contribution in [1.82, 2.24) is 9.88 Å². The quantitative estimate of drug-likeness (QED) is 0.848. The number of carbonyl (C=O) groups excluding carboxylic acids is 1. The predicted octanol–water partition coefficient (Wildman–Crippen LogP) is 3.56. The highest BCUT2D eigenvalue weighted by atomic mass is 35.5. The Labute approximate surface area is 144 Å². The van der Waals surface area contributed by atoms with Crippen LogP contribution in [0.1, 0.15) is 55.5 Å². The maximum Gasteiger partial charge on any atom is 0.273 e. The molecule has 1 unspecified atom stereocenters. The van der Waals surface area contributed by atoms with Gasteiger partial charge in [0.1, 0.15) is 5.69 Å². The SMILES string of the molecule is CC(C)c1nc(C(=O)N(C)CCC(N)C(C)C)cs1.Cl.Cl. The molecule has 0 saturated carbocycles. The Morgan fingerprint density at radius 2 is 1.90 bits per heavy atom. The van der Waals surface area contributed by atoms with Gasteiger partial charge in [-0.3, -0.25) is 4.79 Å². The molecule has 0 aliphatic rings. The Kier molecular flexibility index (Phi) is 11.3. The molecule has 4 nitrogen and oxygen atoms in total. The van der Waals surface area contributed by atoms with Crippen LogP contribution in [-0.2, 0) is 0 Å². The van der Waals surface area contributed by atoms with Gasteiger partial charge in [-0.05, 0) is 12.3 Å². The van der Waals surface area contributed by atoms with Crippen LogP contribution in [0.15, 0.2) is 5.38 Å². The van der Waals surface area contributed by atoms with Crippen LogP contribution in [0.3, 0.4) is 0 Å². The molecule has 1 aromatic heterocycles. The van der Waals surface area contributed by atoms with Crippen LogP contribution in [0.2, 0.25) is 0 Å². The van der Waals surface area contributed by atoms with E-state index in [0.29, 0.717) is 24.1 Å². The minimum atomic E-state index is -0.0147. The summed E-state index contributed by atoms with van der Waals surface area (Å²) in [6.45, 7) is 9.04. The van der Waals surface area contributed by atoms with Crippen LogP contribution in [-0.4, -0.2) is 35.4 Å². The molecule has 7 heteroatoms. The average Bonchev–Trinajstić information content (AvgIpc) is 2.83. The number of hydrogen-bond donors (Lipinski definition) is 1. The number of aromatic nitrogens is 1. The number of hydrogen-bond acceptors (Lipinski definition) is 4. The predicted molar refractivity (Wildman–Crippen MR) is 95.1 cm³/mol. The van der Waals surface area contributed by atoms with E-state index in [1.54, 1.807) is 16.2 Å². The van der Waals surface area contributed by atoms with Crippen LogP contribution in [0, 0.1) is 5.92 Å². The van der Waals surface area contributed by atoms with Gasteiger partial charge in [0.25, 0.3) is 5.91 Å². The molecule has 1 rings (SSSR count). The third kappa shape index (κ3) is 6.96. The van der Waals surface area contributed by atoms with Crippen molar-refractivity contribution in [2.75, 3.05) is 13.6 Å². The first-order chi connectivity index (χ1) is 8.82. The van der Waals surface area contributed by atoms with Gasteiger partial charge in [-0.1, -0.05) is 27.7 Å². The minimum absolute atomic E-state index is 0. The first kappa shape index (κ1) is 22.9. The van der Waals surface area contributed by atoms with E-state index in [4.69, 9.17) is 5.73 Å². The number of thiazole rings is 1. The Balaban J connectivity index is 0. The number of amides is 1. The number of rotatable bonds is 6. The van der Waals surface area contributed by atoms with Crippen molar-refractivity contribution in [2.24, 2.45) is 11.7 Å². The van der Waals surface area contributed by atoms with Crippen LogP contribution < -0.4 is 5.73 Å². The second-order valence-electron chi connectivity index (χ2n) is 5.65. The molecule has 0 radical (unpaired) electrons. The zero-order valence-corrected chi connectivity index (χ0v) is 15.8. The van der Waals surface area contributed by atoms with Gasteiger partial charge in [0.15, 0.2) is 0 Å². The van der Waals surface area contributed by atoms with E-state index in [9.17, 15) is 4.79 Å². The molecule has 1 heterocycles. The summed E-state index contributed by atoms with van der Waals surface area (Å²) in [4.78, 5) is 18.3. The summed E-state index contributed by atoms with van der Waals surface area (Å²) >= 11 is 1.55. The summed E-state index contributed by atoms with van der Waals surface area (Å²) in [7, 11) is 1.81. The van der Waals surface area contributed by atoms with E-state index in [2.05, 4.69) is 32.7 Å². The maximum atomic E-state index is 12.2. The molecule has 0 aliphatic heterocycles. The van der Waals surface area contributed by atoms with Crippen LogP contribution >= 0.6 is 36.2 Å². The van der Waals surface area contributed by atoms with E-state index >= 15 is 0 Å². The normalized spacial score (nSPS) is 11.8. The van der Waals surface area contributed by atoms with Gasteiger partial charge in [0, 0.05) is 30.9 Å². The fourth-order valence-electron chi connectivity index (χ4n) is 1.62. The molecule has 0 bridgehead atoms. The molecule has 1 atom stereocenters. The van der Waals surface area contributed by atoms with E-state index in [1.165, 1.54) is 0 Å². The molecule has 0 saturated heterocycles. The third-order valence-corrected chi connectivity index (χ3v) is 4.38. The first-order valence-electron chi connectivity index (χ1n) is 6.79. The highest BCUT2D eigenvalue weighted by Gasteiger charge is 2.17. The maximum absolute atomic E-state index is 12.2. The van der Waals surface area contributed by atoms with Gasteiger partial charge in [-0.25, -0.2) is 4.98 Å². The largest absolute Gasteiger partial charge is 0.340 e. The van der Waals surface area contributed by atoms with Gasteiger partial charge in [-0.15, -0.1) is 36.2 Å². The standard InChI is InChI=1S/C14H25N3OS.2ClH/c1-9(2)11(15)6-7-17(5)14(18)12-8-19-13(16-12)10(3)4;;/h8-11H,6-7,15H2,1-5H3;2*1H. The van der Waals surface area contributed by atoms with Gasteiger partial charge in [-0.2, -0.15) is 0 Å². The second kappa shape index (κ2) is 10.4. The van der Waals surface area contributed by atoms with Gasteiger partial charge < -0.3 is 10.6 Å². The molecule has 1 aromatic rings. The lowest BCUT2D eigenvalue weighted by molar-refractivity contribution is 0.0784. The number of nitrogens with two attached hydrogens (primary N) is 1. The van der Waals surface area contributed by atoms with E-state index in [-0.39, 0.29) is 36.8 Å². The van der Waals surface area contributed by atoms with Crippen molar-refractivity contribution in [2.45, 2.75) is 46.1 Å². The Morgan fingerprint density at radius 3 is 2.33 bits per heavy atom. The number of halogens is 2. The minimum Gasteiger partial charge on any atom is -0.340 e. The molecule has 21 heavy (non-hydrogen) atoms. The summed E-state index contributed by atoms with van der Waals surface area (Å²) in [6, 6.07) is 0.136. The lowest BCUT2D eigenvalue weighted by Gasteiger charge is -2.20. The Hall–Kier alpha value is -0.360. The van der Waals surface area contributed by atoms with Gasteiger partial charge >= 0.3 is 0 Å². The highest BCUT2D eigenvalue weighted by molar-refractivity contribution is 7.09. The topological polar surface area (TPSA) is 59.2 Å². The third-order valence-electron chi connectivity index (χ3n) is 3.24. The lowest BCUT2D eigenvalue weighted by atomic mass is 10.0. The van der Waals surface area contributed by atoms with Crippen molar-refractivity contribution in [1.29, 1.82) is 0 Å². The van der Waals surface area contributed by atoms with Crippen LogP contribution in [0.25, 0.3) is 0 Å². The molecule has 2 N–H and O–H groups in total. The zero-order chi connectivity index (χ0) is 14.6. The molecule has 0 aliphatic carbocycles. The summed E-state index contributed by atoms with van der Waals surface area (Å²) in [5.74, 6) is 0.792. The molecule has 124 valence electrons. The first-order valence-corrected chi connectivity index (χ1v) is 7.67. The van der Waals surface area contributed by atoms with Crippen LogP contribution in [0.5, 0.6) is 0 Å². The lowest BCUT2D eigenvalue weighted by Crippen LogP contribution is -2.34. The summed E-state index contributed by atoms with van der Waals surface area (Å²) in [6.07, 6.45) is 0.821. The van der Waals surface area contributed by atoms with Crippen molar-refractivity contribution >= 4 is 42.1 Å². The fourth-order valence-corrected chi connectivity index (χ4v) is 2.43. The van der Waals surface area contributed by atoms with Gasteiger partial charge in [0.05, 0.1) is 5.01 Å². The molecule has 0 fully saturated rings.